The molecular weight excluding hydrogens is 493 g/mol. The Bertz CT molecular complexity index is 1170. The van der Waals surface area contributed by atoms with Crippen molar-refractivity contribution in [3.8, 4) is 0 Å². The first-order chi connectivity index (χ1) is 18.0. The number of anilines is 1. The van der Waals surface area contributed by atoms with E-state index in [0.717, 1.165) is 11.1 Å². The van der Waals surface area contributed by atoms with Crippen molar-refractivity contribution in [2.45, 2.75) is 13.1 Å². The van der Waals surface area contributed by atoms with Gasteiger partial charge >= 0.3 is 12.1 Å². The lowest BCUT2D eigenvalue weighted by atomic mass is 10.2. The van der Waals surface area contributed by atoms with Gasteiger partial charge in [-0.2, -0.15) is 0 Å². The van der Waals surface area contributed by atoms with Crippen molar-refractivity contribution in [3.63, 3.8) is 0 Å². The number of urea groups is 2. The molecule has 0 aromatic heterocycles. The van der Waals surface area contributed by atoms with E-state index in [4.69, 9.17) is 11.6 Å². The van der Waals surface area contributed by atoms with Crippen molar-refractivity contribution in [1.82, 2.24) is 20.0 Å². The Hall–Kier alpha value is -3.62. The van der Waals surface area contributed by atoms with Gasteiger partial charge in [-0.15, -0.1) is 0 Å². The molecule has 0 atom stereocenters. The molecule has 0 aliphatic carbocycles. The zero-order chi connectivity index (χ0) is 26.0. The van der Waals surface area contributed by atoms with Gasteiger partial charge < -0.3 is 20.4 Å². The number of hydrogen-bond donors (Lipinski definition) is 2. The van der Waals surface area contributed by atoms with E-state index in [0.29, 0.717) is 63.1 Å². The first-order valence-electron chi connectivity index (χ1n) is 12.3. The zero-order valence-electron chi connectivity index (χ0n) is 20.6. The molecule has 0 spiro atoms. The second-order valence-corrected chi connectivity index (χ2v) is 9.40. The molecule has 1 aliphatic rings. The van der Waals surface area contributed by atoms with E-state index in [1.807, 2.05) is 30.3 Å². The maximum Gasteiger partial charge on any atom is 0.321 e. The molecule has 7 nitrogen and oxygen atoms in total. The Morgan fingerprint density at radius 2 is 1.62 bits per heavy atom. The average molecular weight is 524 g/mol. The second-order valence-electron chi connectivity index (χ2n) is 8.96. The summed E-state index contributed by atoms with van der Waals surface area (Å²) >= 11 is 6.00. The maximum absolute atomic E-state index is 13.4. The number of halogens is 2. The first-order valence-corrected chi connectivity index (χ1v) is 12.7. The van der Waals surface area contributed by atoms with Gasteiger partial charge in [-0.05, 0) is 41.5 Å². The van der Waals surface area contributed by atoms with Crippen LogP contribution < -0.4 is 10.6 Å². The fourth-order valence-corrected chi connectivity index (χ4v) is 4.34. The second kappa shape index (κ2) is 13.1. The molecule has 194 valence electrons. The minimum atomic E-state index is -0.305. The third-order valence-corrected chi connectivity index (χ3v) is 6.52. The van der Waals surface area contributed by atoms with Crippen LogP contribution in [0.2, 0.25) is 5.02 Å². The van der Waals surface area contributed by atoms with Crippen LogP contribution in [0.5, 0.6) is 0 Å². The molecule has 1 aliphatic heterocycles. The molecule has 37 heavy (non-hydrogen) atoms. The number of nitrogens with one attached hydrogen (secondary N) is 2. The molecule has 3 aromatic carbocycles. The van der Waals surface area contributed by atoms with Crippen molar-refractivity contribution in [2.24, 2.45) is 0 Å². The number of benzene rings is 3. The quantitative estimate of drug-likeness (QED) is 0.434. The molecule has 0 saturated carbocycles. The summed E-state index contributed by atoms with van der Waals surface area (Å²) in [6, 6.07) is 22.7. The van der Waals surface area contributed by atoms with Gasteiger partial charge in [0.1, 0.15) is 5.82 Å². The van der Waals surface area contributed by atoms with Crippen molar-refractivity contribution >= 4 is 29.4 Å². The highest BCUT2D eigenvalue weighted by Gasteiger charge is 2.22. The molecule has 3 aromatic rings. The van der Waals surface area contributed by atoms with Crippen LogP contribution in [0.25, 0.3) is 0 Å². The van der Waals surface area contributed by atoms with Crippen molar-refractivity contribution in [2.75, 3.05) is 44.6 Å². The van der Waals surface area contributed by atoms with Crippen molar-refractivity contribution in [1.29, 1.82) is 0 Å². The highest BCUT2D eigenvalue weighted by Crippen LogP contribution is 2.16. The Morgan fingerprint density at radius 3 is 2.32 bits per heavy atom. The standard InChI is InChI=1S/C28H31ClFN5O2/c29-24-7-4-8-26(19-24)32-28(37)34-16-13-33(14-17-34)15-18-35(21-23-9-11-25(30)12-10-23)27(36)31-20-22-5-2-1-3-6-22/h1-12,19H,13-18,20-21H2,(H,31,36)(H,32,37). The van der Waals surface area contributed by atoms with E-state index >= 15 is 0 Å². The van der Waals surface area contributed by atoms with Gasteiger partial charge in [0.2, 0.25) is 0 Å². The van der Waals surface area contributed by atoms with Crippen LogP contribution in [-0.2, 0) is 13.1 Å². The Morgan fingerprint density at radius 1 is 0.892 bits per heavy atom. The molecule has 1 saturated heterocycles. The van der Waals surface area contributed by atoms with E-state index in [1.54, 1.807) is 46.2 Å². The van der Waals surface area contributed by atoms with Crippen LogP contribution in [0.3, 0.4) is 0 Å². The number of hydrogen-bond acceptors (Lipinski definition) is 3. The predicted octanol–water partition coefficient (Wildman–Crippen LogP) is 5.04. The summed E-state index contributed by atoms with van der Waals surface area (Å²) in [6.45, 7) is 4.58. The van der Waals surface area contributed by atoms with Gasteiger partial charge in [-0.1, -0.05) is 60.1 Å². The lowest BCUT2D eigenvalue weighted by Crippen LogP contribution is -2.52. The summed E-state index contributed by atoms with van der Waals surface area (Å²) in [6.07, 6.45) is 0. The highest BCUT2D eigenvalue weighted by atomic mass is 35.5. The van der Waals surface area contributed by atoms with Crippen LogP contribution in [0, 0.1) is 5.82 Å². The lowest BCUT2D eigenvalue weighted by Gasteiger charge is -2.35. The number of carbonyl (C=O) groups excluding carboxylic acids is 2. The summed E-state index contributed by atoms with van der Waals surface area (Å²) in [7, 11) is 0. The Balaban J connectivity index is 1.29. The smallest absolute Gasteiger partial charge is 0.321 e. The minimum Gasteiger partial charge on any atom is -0.334 e. The predicted molar refractivity (Wildman–Crippen MR) is 144 cm³/mol. The molecule has 0 unspecified atom stereocenters. The fourth-order valence-electron chi connectivity index (χ4n) is 4.15. The maximum atomic E-state index is 13.4. The van der Waals surface area contributed by atoms with Crippen molar-refractivity contribution in [3.05, 3.63) is 101 Å². The highest BCUT2D eigenvalue weighted by molar-refractivity contribution is 6.30. The summed E-state index contributed by atoms with van der Waals surface area (Å²) in [5.74, 6) is -0.305. The summed E-state index contributed by atoms with van der Waals surface area (Å²) < 4.78 is 13.4. The number of carbonyl (C=O) groups is 2. The molecule has 4 rings (SSSR count). The van der Waals surface area contributed by atoms with Gasteiger partial charge in [0.25, 0.3) is 0 Å². The molecule has 2 N–H and O–H groups in total. The molecule has 4 amide bonds. The summed E-state index contributed by atoms with van der Waals surface area (Å²) in [5, 5.41) is 6.45. The third-order valence-electron chi connectivity index (χ3n) is 6.28. The average Bonchev–Trinajstić information content (AvgIpc) is 2.91. The Kier molecular flexibility index (Phi) is 9.35. The summed E-state index contributed by atoms with van der Waals surface area (Å²) in [4.78, 5) is 31.4. The first kappa shape index (κ1) is 26.4. The van der Waals surface area contributed by atoms with Gasteiger partial charge in [0.05, 0.1) is 0 Å². The molecule has 9 heteroatoms. The number of rotatable bonds is 8. The normalized spacial score (nSPS) is 13.7. The minimum absolute atomic E-state index is 0.153. The van der Waals surface area contributed by atoms with Crippen LogP contribution in [0.4, 0.5) is 19.7 Å². The van der Waals surface area contributed by atoms with Crippen molar-refractivity contribution < 1.29 is 14.0 Å². The van der Waals surface area contributed by atoms with E-state index in [9.17, 15) is 14.0 Å². The molecule has 0 bridgehead atoms. The van der Waals surface area contributed by atoms with E-state index in [-0.39, 0.29) is 17.9 Å². The Labute approximate surface area is 221 Å². The van der Waals surface area contributed by atoms with Gasteiger partial charge in [-0.3, -0.25) is 4.90 Å². The van der Waals surface area contributed by atoms with E-state index < -0.39 is 0 Å². The largest absolute Gasteiger partial charge is 0.334 e. The van der Waals surface area contributed by atoms with Crippen LogP contribution in [0.15, 0.2) is 78.9 Å². The third kappa shape index (κ3) is 8.20. The SMILES string of the molecule is O=C(NCc1ccccc1)N(CCN1CCN(C(=O)Nc2cccc(Cl)c2)CC1)Cc1ccc(F)cc1. The number of nitrogens with zero attached hydrogens (tertiary/aromatic N) is 3. The van der Waals surface area contributed by atoms with Gasteiger partial charge in [-0.25, -0.2) is 14.0 Å². The molecule has 1 heterocycles. The zero-order valence-corrected chi connectivity index (χ0v) is 21.3. The van der Waals surface area contributed by atoms with Crippen LogP contribution in [-0.4, -0.2) is 66.0 Å². The topological polar surface area (TPSA) is 67.9 Å². The monoisotopic (exact) mass is 523 g/mol. The van der Waals surface area contributed by atoms with Crippen LogP contribution in [0.1, 0.15) is 11.1 Å². The summed E-state index contributed by atoms with van der Waals surface area (Å²) in [5.41, 5.74) is 2.54. The molecule has 0 radical (unpaired) electrons. The van der Waals surface area contributed by atoms with Crippen LogP contribution >= 0.6 is 11.6 Å². The van der Waals surface area contributed by atoms with Gasteiger partial charge in [0.15, 0.2) is 0 Å². The molecule has 1 fully saturated rings. The molecular formula is C28H31ClFN5O2. The van der Waals surface area contributed by atoms with E-state index in [1.165, 1.54) is 12.1 Å². The van der Waals surface area contributed by atoms with E-state index in [2.05, 4.69) is 15.5 Å². The fraction of sp³-hybridized carbons (Fsp3) is 0.286. The lowest BCUT2D eigenvalue weighted by molar-refractivity contribution is 0.134. The van der Waals surface area contributed by atoms with Gasteiger partial charge in [0, 0.05) is 63.1 Å². The number of amides is 4. The number of piperazine rings is 1.